The lowest BCUT2D eigenvalue weighted by atomic mass is 10.2. The van der Waals surface area contributed by atoms with Crippen molar-refractivity contribution in [2.75, 3.05) is 11.6 Å². The molecule has 3 heterocycles. The molecule has 0 fully saturated rings. The van der Waals surface area contributed by atoms with Crippen LogP contribution >= 0.6 is 0 Å². The Morgan fingerprint density at radius 2 is 1.93 bits per heavy atom. The molecule has 1 aliphatic rings. The van der Waals surface area contributed by atoms with Crippen molar-refractivity contribution in [3.63, 3.8) is 0 Å². The summed E-state index contributed by atoms with van der Waals surface area (Å²) in [6.45, 7) is 7.70. The van der Waals surface area contributed by atoms with Crippen molar-refractivity contribution >= 4 is 11.6 Å². The highest BCUT2D eigenvalue weighted by Crippen LogP contribution is 2.28. The number of fused-ring (bicyclic) bond motifs is 1. The maximum atomic E-state index is 12.9. The average Bonchev–Trinajstić information content (AvgIpc) is 2.67. The largest absolute Gasteiger partial charge is 0.298 e. The summed E-state index contributed by atoms with van der Waals surface area (Å²) in [5.41, 5.74) is 4.83. The topological polar surface area (TPSA) is 54.3 Å². The van der Waals surface area contributed by atoms with Gasteiger partial charge in [0.05, 0.1) is 13.3 Å². The second-order valence-electron chi connectivity index (χ2n) is 7.10. The molecule has 0 unspecified atom stereocenters. The smallest absolute Gasteiger partial charge is 0.259 e. The van der Waals surface area contributed by atoms with Gasteiger partial charge in [0.25, 0.3) is 5.56 Å². The molecule has 6 nitrogen and oxygen atoms in total. The number of aryl methyl sites for hydroxylation is 2. The third-order valence-electron chi connectivity index (χ3n) is 4.98. The number of rotatable bonds is 3. The van der Waals surface area contributed by atoms with Crippen LogP contribution in [-0.2, 0) is 13.2 Å². The Bertz CT molecular complexity index is 1030. The van der Waals surface area contributed by atoms with E-state index in [9.17, 15) is 4.79 Å². The van der Waals surface area contributed by atoms with Gasteiger partial charge in [0.15, 0.2) is 0 Å². The Hall–Kier alpha value is -2.99. The van der Waals surface area contributed by atoms with Crippen molar-refractivity contribution < 1.29 is 0 Å². The Balaban J connectivity index is 1.79. The lowest BCUT2D eigenvalue weighted by Crippen LogP contribution is -2.47. The molecule has 6 heteroatoms. The number of aromatic nitrogens is 3. The fraction of sp³-hybridized carbons (Fsp3) is 0.286. The van der Waals surface area contributed by atoms with E-state index >= 15 is 0 Å². The van der Waals surface area contributed by atoms with E-state index in [2.05, 4.69) is 46.0 Å². The van der Waals surface area contributed by atoms with Crippen LogP contribution in [0.2, 0.25) is 0 Å². The number of pyridine rings is 1. The molecule has 2 aromatic heterocycles. The number of benzene rings is 1. The molecular formula is C21H23N5O. The van der Waals surface area contributed by atoms with Crippen LogP contribution in [0.15, 0.2) is 53.6 Å². The Morgan fingerprint density at radius 3 is 2.67 bits per heavy atom. The van der Waals surface area contributed by atoms with Crippen molar-refractivity contribution in [2.45, 2.75) is 34.0 Å². The first kappa shape index (κ1) is 17.4. The Kier molecular flexibility index (Phi) is 4.49. The number of hydrogen-bond donors (Lipinski definition) is 0. The fourth-order valence-electron chi connectivity index (χ4n) is 3.43. The molecule has 138 valence electrons. The molecule has 3 aromatic rings. The second kappa shape index (κ2) is 6.96. The van der Waals surface area contributed by atoms with Crippen LogP contribution in [-0.4, -0.2) is 26.1 Å². The molecule has 0 amide bonds. The Morgan fingerprint density at radius 1 is 1.07 bits per heavy atom. The molecule has 27 heavy (non-hydrogen) atoms. The van der Waals surface area contributed by atoms with E-state index < -0.39 is 0 Å². The van der Waals surface area contributed by atoms with Gasteiger partial charge in [0.2, 0.25) is 5.95 Å². The molecule has 4 rings (SSSR count). The molecular weight excluding hydrogens is 338 g/mol. The van der Waals surface area contributed by atoms with Gasteiger partial charge in [-0.25, -0.2) is 4.98 Å². The van der Waals surface area contributed by atoms with Gasteiger partial charge < -0.3 is 0 Å². The van der Waals surface area contributed by atoms with Crippen molar-refractivity contribution in [3.8, 4) is 0 Å². The van der Waals surface area contributed by atoms with Gasteiger partial charge in [-0.15, -0.1) is 0 Å². The van der Waals surface area contributed by atoms with Gasteiger partial charge in [0, 0.05) is 35.9 Å². The minimum atomic E-state index is 0.0195. The third-order valence-corrected chi connectivity index (χ3v) is 4.98. The molecule has 1 aliphatic heterocycles. The molecule has 0 N–H and O–H groups in total. The van der Waals surface area contributed by atoms with Gasteiger partial charge in [-0.2, -0.15) is 0 Å². The van der Waals surface area contributed by atoms with Gasteiger partial charge >= 0.3 is 0 Å². The summed E-state index contributed by atoms with van der Waals surface area (Å²) >= 11 is 0. The maximum absolute atomic E-state index is 12.9. The summed E-state index contributed by atoms with van der Waals surface area (Å²) in [6, 6.07) is 12.3. The molecule has 0 bridgehead atoms. The van der Waals surface area contributed by atoms with Crippen molar-refractivity contribution in [1.29, 1.82) is 0 Å². The van der Waals surface area contributed by atoms with Crippen molar-refractivity contribution in [1.82, 2.24) is 19.4 Å². The lowest BCUT2D eigenvalue weighted by molar-refractivity contribution is 0.189. The van der Waals surface area contributed by atoms with Crippen LogP contribution in [0.4, 0.5) is 11.6 Å². The first-order valence-electron chi connectivity index (χ1n) is 9.06. The van der Waals surface area contributed by atoms with Crippen LogP contribution in [0, 0.1) is 20.8 Å². The predicted octanol–water partition coefficient (Wildman–Crippen LogP) is 3.13. The number of hydrogen-bond acceptors (Lipinski definition) is 5. The highest BCUT2D eigenvalue weighted by molar-refractivity contribution is 5.59. The zero-order valence-corrected chi connectivity index (χ0v) is 15.9. The fourth-order valence-corrected chi connectivity index (χ4v) is 3.43. The molecule has 0 saturated heterocycles. The maximum Gasteiger partial charge on any atom is 0.259 e. The molecule has 1 aromatic carbocycles. The summed E-state index contributed by atoms with van der Waals surface area (Å²) < 4.78 is 1.77. The van der Waals surface area contributed by atoms with E-state index in [-0.39, 0.29) is 5.56 Å². The monoisotopic (exact) mass is 361 g/mol. The van der Waals surface area contributed by atoms with Crippen LogP contribution in [0.3, 0.4) is 0 Å². The minimum Gasteiger partial charge on any atom is -0.298 e. The van der Waals surface area contributed by atoms with Crippen LogP contribution in [0.1, 0.15) is 22.4 Å². The molecule has 0 aliphatic carbocycles. The highest BCUT2D eigenvalue weighted by Gasteiger charge is 2.27. The van der Waals surface area contributed by atoms with Crippen LogP contribution < -0.4 is 10.5 Å². The summed E-state index contributed by atoms with van der Waals surface area (Å²) in [6.07, 6.45) is 3.64. The summed E-state index contributed by atoms with van der Waals surface area (Å²) in [4.78, 5) is 26.2. The molecule has 0 saturated carbocycles. The van der Waals surface area contributed by atoms with E-state index in [1.54, 1.807) is 10.8 Å². The number of nitrogens with zero attached hydrogens (tertiary/aromatic N) is 5. The minimum absolute atomic E-state index is 0.0195. The molecule has 0 spiro atoms. The first-order valence-corrected chi connectivity index (χ1v) is 9.06. The van der Waals surface area contributed by atoms with Gasteiger partial charge in [0.1, 0.15) is 0 Å². The molecule has 0 atom stereocenters. The average molecular weight is 361 g/mol. The summed E-state index contributed by atoms with van der Waals surface area (Å²) in [7, 11) is 0. The van der Waals surface area contributed by atoms with Crippen LogP contribution in [0.5, 0.6) is 0 Å². The van der Waals surface area contributed by atoms with Crippen molar-refractivity contribution in [3.05, 3.63) is 81.5 Å². The lowest BCUT2D eigenvalue weighted by Gasteiger charge is -2.38. The van der Waals surface area contributed by atoms with Gasteiger partial charge in [-0.05, 0) is 50.1 Å². The van der Waals surface area contributed by atoms with Crippen LogP contribution in [0.25, 0.3) is 0 Å². The number of anilines is 2. The van der Waals surface area contributed by atoms with Crippen molar-refractivity contribution in [2.24, 2.45) is 0 Å². The highest BCUT2D eigenvalue weighted by atomic mass is 16.1. The standard InChI is InChI=1S/C21H23N5O/c1-15-6-4-8-19(10-15)25-13-24(12-18-7-5-9-22-11-18)14-26-20(27)16(2)17(3)23-21(25)26/h4-11H,12-14H2,1-3H3. The van der Waals surface area contributed by atoms with Gasteiger partial charge in [-0.1, -0.05) is 18.2 Å². The molecule has 0 radical (unpaired) electrons. The zero-order valence-electron chi connectivity index (χ0n) is 15.9. The van der Waals surface area contributed by atoms with E-state index in [4.69, 9.17) is 4.98 Å². The third kappa shape index (κ3) is 3.36. The van der Waals surface area contributed by atoms with E-state index in [1.165, 1.54) is 5.56 Å². The van der Waals surface area contributed by atoms with E-state index in [0.717, 1.165) is 23.5 Å². The second-order valence-corrected chi connectivity index (χ2v) is 7.10. The summed E-state index contributed by atoms with van der Waals surface area (Å²) in [5.74, 6) is 0.705. The Labute approximate surface area is 158 Å². The van der Waals surface area contributed by atoms with Gasteiger partial charge in [-0.3, -0.25) is 24.1 Å². The zero-order chi connectivity index (χ0) is 19.0. The SMILES string of the molecule is Cc1cccc(N2CN(Cc3cccnc3)Cn3c2nc(C)c(C)c3=O)c1. The first-order chi connectivity index (χ1) is 13.0. The predicted molar refractivity (Wildman–Crippen MR) is 106 cm³/mol. The summed E-state index contributed by atoms with van der Waals surface area (Å²) in [5, 5.41) is 0. The normalized spacial score (nSPS) is 14.3. The van der Waals surface area contributed by atoms with E-state index in [1.807, 2.05) is 32.2 Å². The quantitative estimate of drug-likeness (QED) is 0.717. The van der Waals surface area contributed by atoms with E-state index in [0.29, 0.717) is 24.8 Å².